The van der Waals surface area contributed by atoms with Crippen LogP contribution in [-0.2, 0) is 4.79 Å². The second kappa shape index (κ2) is 8.88. The molecule has 1 aromatic carbocycles. The van der Waals surface area contributed by atoms with Crippen molar-refractivity contribution in [3.8, 4) is 11.3 Å². The van der Waals surface area contributed by atoms with Gasteiger partial charge in [-0.2, -0.15) is 0 Å². The summed E-state index contributed by atoms with van der Waals surface area (Å²) in [6, 6.07) is 3.28. The lowest BCUT2D eigenvalue weighted by Gasteiger charge is -2.40. The fourth-order valence-electron chi connectivity index (χ4n) is 3.52. The number of benzene rings is 1. The largest absolute Gasteiger partial charge is 0.481 e. The molecule has 3 rings (SSSR count). The number of hydrogen-bond acceptors (Lipinski definition) is 6. The smallest absolute Gasteiger partial charge is 0.309 e. The van der Waals surface area contributed by atoms with Gasteiger partial charge in [-0.05, 0) is 32.4 Å². The van der Waals surface area contributed by atoms with Crippen LogP contribution < -0.4 is 5.32 Å². The van der Waals surface area contributed by atoms with E-state index in [4.69, 9.17) is 4.52 Å². The summed E-state index contributed by atoms with van der Waals surface area (Å²) in [5.74, 6) is -4.23. The number of aliphatic carboxylic acids is 1. The number of nitrogens with one attached hydrogen (secondary N) is 1. The van der Waals surface area contributed by atoms with Gasteiger partial charge in [-0.1, -0.05) is 5.16 Å². The molecule has 0 spiro atoms. The minimum Gasteiger partial charge on any atom is -0.481 e. The van der Waals surface area contributed by atoms with Crippen molar-refractivity contribution in [2.24, 2.45) is 5.92 Å². The summed E-state index contributed by atoms with van der Waals surface area (Å²) in [5.41, 5.74) is -0.190. The van der Waals surface area contributed by atoms with Crippen molar-refractivity contribution in [1.29, 1.82) is 0 Å². The van der Waals surface area contributed by atoms with Gasteiger partial charge in [0.2, 0.25) is 0 Å². The molecular weight excluding hydrogens is 400 g/mol. The van der Waals surface area contributed by atoms with Crippen LogP contribution in [-0.4, -0.2) is 63.4 Å². The molecule has 162 valence electrons. The number of likely N-dealkylation sites (tertiary alicyclic amines) is 1. The molecule has 3 N–H and O–H groups in total. The van der Waals surface area contributed by atoms with Crippen molar-refractivity contribution in [1.82, 2.24) is 15.4 Å². The van der Waals surface area contributed by atoms with Gasteiger partial charge in [0.1, 0.15) is 11.6 Å². The van der Waals surface area contributed by atoms with Crippen LogP contribution in [0.3, 0.4) is 0 Å². The number of carboxylic acid groups (broad SMARTS) is 1. The van der Waals surface area contributed by atoms with E-state index >= 15 is 0 Å². The molecular formula is C20H23F2N3O5. The minimum absolute atomic E-state index is 0.0481. The minimum atomic E-state index is -1.06. The van der Waals surface area contributed by atoms with Crippen LogP contribution >= 0.6 is 0 Å². The lowest BCUT2D eigenvalue weighted by atomic mass is 9.90. The molecule has 30 heavy (non-hydrogen) atoms. The van der Waals surface area contributed by atoms with E-state index in [0.29, 0.717) is 19.0 Å². The second-order valence-corrected chi connectivity index (χ2v) is 7.49. The Labute approximate surface area is 171 Å². The van der Waals surface area contributed by atoms with Crippen LogP contribution in [0.5, 0.6) is 0 Å². The number of rotatable bonds is 6. The average molecular weight is 423 g/mol. The molecule has 0 radical (unpaired) electrons. The van der Waals surface area contributed by atoms with E-state index in [1.54, 1.807) is 6.92 Å². The van der Waals surface area contributed by atoms with E-state index in [1.165, 1.54) is 12.1 Å². The van der Waals surface area contributed by atoms with E-state index in [2.05, 4.69) is 10.5 Å². The van der Waals surface area contributed by atoms with Gasteiger partial charge in [-0.15, -0.1) is 0 Å². The van der Waals surface area contributed by atoms with Crippen molar-refractivity contribution in [3.05, 3.63) is 41.6 Å². The number of carbonyl (C=O) groups excluding carboxylic acids is 1. The Bertz CT molecular complexity index is 933. The third-order valence-electron chi connectivity index (χ3n) is 5.49. The third-order valence-corrected chi connectivity index (χ3v) is 5.49. The van der Waals surface area contributed by atoms with E-state index in [0.717, 1.165) is 6.07 Å². The first-order valence-electron chi connectivity index (χ1n) is 9.55. The number of carboxylic acids is 1. The maximum Gasteiger partial charge on any atom is 0.309 e. The predicted molar refractivity (Wildman–Crippen MR) is 102 cm³/mol. The Hall–Kier alpha value is -2.85. The summed E-state index contributed by atoms with van der Waals surface area (Å²) < 4.78 is 32.0. The zero-order valence-electron chi connectivity index (χ0n) is 16.5. The summed E-state index contributed by atoms with van der Waals surface area (Å²) in [5, 5.41) is 25.6. The highest BCUT2D eigenvalue weighted by Gasteiger charge is 2.37. The maximum atomic E-state index is 13.9. The van der Waals surface area contributed by atoms with Crippen molar-refractivity contribution < 1.29 is 33.1 Å². The highest BCUT2D eigenvalue weighted by Crippen LogP contribution is 2.25. The Morgan fingerprint density at radius 1 is 1.30 bits per heavy atom. The van der Waals surface area contributed by atoms with Crippen molar-refractivity contribution in [2.45, 2.75) is 38.5 Å². The molecule has 2 heterocycles. The number of carbonyl (C=O) groups is 2. The van der Waals surface area contributed by atoms with Gasteiger partial charge in [0.05, 0.1) is 17.6 Å². The zero-order chi connectivity index (χ0) is 22.0. The molecule has 1 aromatic heterocycles. The highest BCUT2D eigenvalue weighted by molar-refractivity contribution is 5.93. The van der Waals surface area contributed by atoms with Gasteiger partial charge in [0.25, 0.3) is 5.91 Å². The normalized spacial score (nSPS) is 21.8. The molecule has 8 nitrogen and oxygen atoms in total. The number of aromatic nitrogens is 1. The summed E-state index contributed by atoms with van der Waals surface area (Å²) in [6.45, 7) is 4.14. The summed E-state index contributed by atoms with van der Waals surface area (Å²) in [4.78, 5) is 26.2. The van der Waals surface area contributed by atoms with Crippen LogP contribution in [0.2, 0.25) is 0 Å². The van der Waals surface area contributed by atoms with Crippen LogP contribution in [0.4, 0.5) is 8.78 Å². The van der Waals surface area contributed by atoms with E-state index < -0.39 is 41.6 Å². The molecule has 1 fully saturated rings. The summed E-state index contributed by atoms with van der Waals surface area (Å²) >= 11 is 0. The molecule has 10 heteroatoms. The first-order valence-corrected chi connectivity index (χ1v) is 9.55. The molecule has 4 unspecified atom stereocenters. The van der Waals surface area contributed by atoms with Gasteiger partial charge in [-0.3, -0.25) is 14.5 Å². The van der Waals surface area contributed by atoms with E-state index in [-0.39, 0.29) is 29.6 Å². The van der Waals surface area contributed by atoms with Crippen LogP contribution in [0.25, 0.3) is 11.3 Å². The van der Waals surface area contributed by atoms with Gasteiger partial charge in [-0.25, -0.2) is 8.78 Å². The fraction of sp³-hybridized carbons (Fsp3) is 0.450. The molecule has 1 saturated heterocycles. The maximum absolute atomic E-state index is 13.9. The summed E-state index contributed by atoms with van der Waals surface area (Å²) in [6.07, 6.45) is -0.247. The molecule has 4 atom stereocenters. The first kappa shape index (κ1) is 21.8. The third kappa shape index (κ3) is 4.65. The van der Waals surface area contributed by atoms with Crippen molar-refractivity contribution in [3.63, 3.8) is 0 Å². The van der Waals surface area contributed by atoms with Crippen LogP contribution in [0.1, 0.15) is 30.8 Å². The summed E-state index contributed by atoms with van der Waals surface area (Å²) in [7, 11) is 0. The molecule has 1 amide bonds. The molecule has 0 aliphatic carbocycles. The van der Waals surface area contributed by atoms with Crippen LogP contribution in [0, 0.1) is 17.6 Å². The lowest BCUT2D eigenvalue weighted by molar-refractivity contribution is -0.145. The van der Waals surface area contributed by atoms with Gasteiger partial charge < -0.3 is 20.1 Å². The molecule has 2 aromatic rings. The van der Waals surface area contributed by atoms with Gasteiger partial charge in [0, 0.05) is 37.3 Å². The Morgan fingerprint density at radius 3 is 2.67 bits per heavy atom. The first-order chi connectivity index (χ1) is 14.2. The quantitative estimate of drug-likeness (QED) is 0.650. The predicted octanol–water partition coefficient (Wildman–Crippen LogP) is 1.89. The lowest BCUT2D eigenvalue weighted by Crippen LogP contribution is -2.56. The molecule has 1 aliphatic rings. The number of nitrogens with zero attached hydrogens (tertiary/aromatic N) is 2. The standard InChI is InChI=1S/C20H23F2N3O5/c1-10(11(2)26)25-6-5-16(14(9-25)20(28)29)23-19(27)17-8-18(30-24-17)13-4-3-12(21)7-15(13)22/h3-4,7-8,10-11,14,16,26H,5-6,9H2,1-2H3,(H,23,27)(H,28,29). The van der Waals surface area contributed by atoms with E-state index in [1.807, 2.05) is 11.8 Å². The number of piperidine rings is 1. The van der Waals surface area contributed by atoms with E-state index in [9.17, 15) is 28.6 Å². The second-order valence-electron chi connectivity index (χ2n) is 7.49. The average Bonchev–Trinajstić information content (AvgIpc) is 3.17. The molecule has 0 saturated carbocycles. The van der Waals surface area contributed by atoms with Gasteiger partial charge in [0.15, 0.2) is 11.5 Å². The SMILES string of the molecule is CC(O)C(C)N1CCC(NC(=O)c2cc(-c3ccc(F)cc3F)on2)C(C(=O)O)C1. The molecule has 0 bridgehead atoms. The van der Waals surface area contributed by atoms with Crippen molar-refractivity contribution in [2.75, 3.05) is 13.1 Å². The number of aliphatic hydroxyl groups excluding tert-OH is 1. The Kier molecular flexibility index (Phi) is 6.47. The topological polar surface area (TPSA) is 116 Å². The molecule has 1 aliphatic heterocycles. The monoisotopic (exact) mass is 423 g/mol. The number of aliphatic hydroxyl groups is 1. The number of amides is 1. The van der Waals surface area contributed by atoms with Crippen molar-refractivity contribution >= 4 is 11.9 Å². The van der Waals surface area contributed by atoms with Gasteiger partial charge >= 0.3 is 5.97 Å². The highest BCUT2D eigenvalue weighted by atomic mass is 19.1. The zero-order valence-corrected chi connectivity index (χ0v) is 16.5. The Balaban J connectivity index is 1.71. The fourth-order valence-corrected chi connectivity index (χ4v) is 3.52. The Morgan fingerprint density at radius 2 is 2.03 bits per heavy atom. The van der Waals surface area contributed by atoms with Crippen LogP contribution in [0.15, 0.2) is 28.8 Å². The number of halogens is 2. The number of hydrogen-bond donors (Lipinski definition) is 3.